The van der Waals surface area contributed by atoms with E-state index in [0.29, 0.717) is 0 Å². The van der Waals surface area contributed by atoms with Gasteiger partial charge >= 0.3 is 0 Å². The predicted molar refractivity (Wildman–Crippen MR) is 81.0 cm³/mol. The lowest BCUT2D eigenvalue weighted by atomic mass is 10.0. The van der Waals surface area contributed by atoms with Crippen LogP contribution in [0.5, 0.6) is 0 Å². The normalized spacial score (nSPS) is 24.1. The minimum absolute atomic E-state index is 0.0765. The van der Waals surface area contributed by atoms with Gasteiger partial charge in [-0.25, -0.2) is 0 Å². The summed E-state index contributed by atoms with van der Waals surface area (Å²) in [6, 6.07) is 6.42. The fourth-order valence-electron chi connectivity index (χ4n) is 2.83. The third-order valence-corrected chi connectivity index (χ3v) is 4.42. The largest absolute Gasteiger partial charge is 0.360 e. The second-order valence-electron chi connectivity index (χ2n) is 5.34. The molecule has 1 aliphatic heterocycles. The van der Waals surface area contributed by atoms with Crippen LogP contribution in [0.4, 0.5) is 0 Å². The smallest absolute Gasteiger partial charge is 0.138 e. The van der Waals surface area contributed by atoms with E-state index in [1.807, 2.05) is 12.3 Å². The van der Waals surface area contributed by atoms with Crippen LogP contribution in [0.2, 0.25) is 5.02 Å². The average molecular weight is 292 g/mol. The topological polar surface area (TPSA) is 48.1 Å². The second kappa shape index (κ2) is 5.56. The highest BCUT2D eigenvalue weighted by molar-refractivity contribution is 6.35. The number of nitrogens with zero attached hydrogens (tertiary/aromatic N) is 1. The van der Waals surface area contributed by atoms with Crippen LogP contribution in [0.1, 0.15) is 12.5 Å². The van der Waals surface area contributed by atoms with Crippen LogP contribution in [0.25, 0.3) is 10.9 Å². The molecule has 1 unspecified atom stereocenters. The van der Waals surface area contributed by atoms with Crippen molar-refractivity contribution in [2.45, 2.75) is 25.6 Å². The van der Waals surface area contributed by atoms with Gasteiger partial charge in [0.05, 0.1) is 11.1 Å². The molecule has 20 heavy (non-hydrogen) atoms. The fraction of sp³-hybridized carbons (Fsp3) is 0.400. The van der Waals surface area contributed by atoms with Crippen molar-refractivity contribution in [1.29, 1.82) is 0 Å². The van der Waals surface area contributed by atoms with E-state index >= 15 is 0 Å². The molecule has 4 nitrogen and oxygen atoms in total. The SMILES string of the molecule is C[C@H]1C(C=O)NCCN1Cc1ccc2c(Cl)c[nH]c2c1. The quantitative estimate of drug-likeness (QED) is 0.852. The molecule has 2 aromatic rings. The Hall–Kier alpha value is -1.36. The molecule has 0 radical (unpaired) electrons. The summed E-state index contributed by atoms with van der Waals surface area (Å²) < 4.78 is 0. The van der Waals surface area contributed by atoms with Crippen LogP contribution in [-0.4, -0.2) is 41.3 Å². The first kappa shape index (κ1) is 13.6. The Bertz CT molecular complexity index is 625. The van der Waals surface area contributed by atoms with Crippen LogP contribution in [0.3, 0.4) is 0 Å². The Balaban J connectivity index is 1.79. The minimum atomic E-state index is -0.0765. The molecule has 2 N–H and O–H groups in total. The maximum absolute atomic E-state index is 11.0. The van der Waals surface area contributed by atoms with Crippen molar-refractivity contribution >= 4 is 28.8 Å². The third kappa shape index (κ3) is 2.46. The molecular formula is C15H18ClN3O. The number of aldehydes is 1. The van der Waals surface area contributed by atoms with Gasteiger partial charge in [-0.15, -0.1) is 0 Å². The van der Waals surface area contributed by atoms with Crippen molar-refractivity contribution in [2.75, 3.05) is 13.1 Å². The van der Waals surface area contributed by atoms with Crippen LogP contribution < -0.4 is 5.32 Å². The number of carbonyl (C=O) groups is 1. The van der Waals surface area contributed by atoms with E-state index in [2.05, 4.69) is 34.3 Å². The number of benzene rings is 1. The molecule has 1 aliphatic rings. The molecule has 1 saturated heterocycles. The number of H-pyrrole nitrogens is 1. The van der Waals surface area contributed by atoms with Crippen molar-refractivity contribution in [1.82, 2.24) is 15.2 Å². The Morgan fingerprint density at radius 2 is 2.35 bits per heavy atom. The minimum Gasteiger partial charge on any atom is -0.360 e. The van der Waals surface area contributed by atoms with Gasteiger partial charge < -0.3 is 15.1 Å². The molecular weight excluding hydrogens is 274 g/mol. The summed E-state index contributed by atoms with van der Waals surface area (Å²) >= 11 is 6.09. The number of hydrogen-bond donors (Lipinski definition) is 2. The Labute approximate surface area is 123 Å². The van der Waals surface area contributed by atoms with Crippen molar-refractivity contribution in [2.24, 2.45) is 0 Å². The molecule has 3 rings (SSSR count). The summed E-state index contributed by atoms with van der Waals surface area (Å²) in [4.78, 5) is 16.5. The molecule has 1 fully saturated rings. The zero-order valence-corrected chi connectivity index (χ0v) is 12.2. The van der Waals surface area contributed by atoms with Crippen LogP contribution in [0, 0.1) is 0 Å². The van der Waals surface area contributed by atoms with Crippen LogP contribution in [0.15, 0.2) is 24.4 Å². The van der Waals surface area contributed by atoms with Crippen molar-refractivity contribution < 1.29 is 4.79 Å². The summed E-state index contributed by atoms with van der Waals surface area (Å²) in [5.41, 5.74) is 2.29. The molecule has 1 aromatic carbocycles. The van der Waals surface area contributed by atoms with E-state index in [1.165, 1.54) is 5.56 Å². The maximum atomic E-state index is 11.0. The predicted octanol–water partition coefficient (Wildman–Crippen LogP) is 2.18. The third-order valence-electron chi connectivity index (χ3n) is 4.10. The van der Waals surface area contributed by atoms with Crippen molar-refractivity contribution in [3.8, 4) is 0 Å². The number of carbonyl (C=O) groups excluding carboxylic acids is 1. The number of rotatable bonds is 3. The number of aromatic nitrogens is 1. The molecule has 2 heterocycles. The maximum Gasteiger partial charge on any atom is 0.138 e. The average Bonchev–Trinajstić information content (AvgIpc) is 2.82. The van der Waals surface area contributed by atoms with Crippen molar-refractivity contribution in [3.05, 3.63) is 35.0 Å². The van der Waals surface area contributed by atoms with Gasteiger partial charge in [-0.1, -0.05) is 23.7 Å². The van der Waals surface area contributed by atoms with Gasteiger partial charge in [0.2, 0.25) is 0 Å². The monoisotopic (exact) mass is 291 g/mol. The zero-order valence-electron chi connectivity index (χ0n) is 11.4. The lowest BCUT2D eigenvalue weighted by Crippen LogP contribution is -2.56. The van der Waals surface area contributed by atoms with E-state index in [1.54, 1.807) is 0 Å². The van der Waals surface area contributed by atoms with E-state index in [9.17, 15) is 4.79 Å². The summed E-state index contributed by atoms with van der Waals surface area (Å²) in [6.07, 6.45) is 2.82. The number of piperazine rings is 1. The molecule has 0 aliphatic carbocycles. The highest BCUT2D eigenvalue weighted by Gasteiger charge is 2.26. The summed E-state index contributed by atoms with van der Waals surface area (Å²) in [7, 11) is 0. The summed E-state index contributed by atoms with van der Waals surface area (Å²) in [6.45, 7) is 4.74. The Morgan fingerprint density at radius 1 is 1.50 bits per heavy atom. The number of halogens is 1. The zero-order chi connectivity index (χ0) is 14.1. The van der Waals surface area contributed by atoms with Crippen molar-refractivity contribution in [3.63, 3.8) is 0 Å². The highest BCUT2D eigenvalue weighted by atomic mass is 35.5. The molecule has 0 bridgehead atoms. The molecule has 106 valence electrons. The fourth-order valence-corrected chi connectivity index (χ4v) is 3.05. The van der Waals surface area contributed by atoms with E-state index < -0.39 is 0 Å². The first-order valence-electron chi connectivity index (χ1n) is 6.87. The van der Waals surface area contributed by atoms with Crippen LogP contribution >= 0.6 is 11.6 Å². The van der Waals surface area contributed by atoms with Gasteiger partial charge in [-0.3, -0.25) is 4.90 Å². The van der Waals surface area contributed by atoms with E-state index in [0.717, 1.165) is 41.8 Å². The lowest BCUT2D eigenvalue weighted by Gasteiger charge is -2.37. The molecule has 0 amide bonds. The molecule has 0 saturated carbocycles. The number of fused-ring (bicyclic) bond motifs is 1. The lowest BCUT2D eigenvalue weighted by molar-refractivity contribution is -0.111. The van der Waals surface area contributed by atoms with E-state index in [4.69, 9.17) is 11.6 Å². The van der Waals surface area contributed by atoms with Gasteiger partial charge in [0.1, 0.15) is 6.29 Å². The first-order chi connectivity index (χ1) is 9.69. The highest BCUT2D eigenvalue weighted by Crippen LogP contribution is 2.24. The molecule has 2 atom stereocenters. The van der Waals surface area contributed by atoms with Gasteiger partial charge in [0, 0.05) is 42.8 Å². The molecule has 0 spiro atoms. The van der Waals surface area contributed by atoms with Crippen LogP contribution in [-0.2, 0) is 11.3 Å². The summed E-state index contributed by atoms with van der Waals surface area (Å²) in [5.74, 6) is 0. The Kier molecular flexibility index (Phi) is 3.78. The summed E-state index contributed by atoms with van der Waals surface area (Å²) in [5, 5.41) is 5.04. The van der Waals surface area contributed by atoms with Gasteiger partial charge in [-0.2, -0.15) is 0 Å². The number of hydrogen-bond acceptors (Lipinski definition) is 3. The molecule has 5 heteroatoms. The first-order valence-corrected chi connectivity index (χ1v) is 7.25. The number of nitrogens with one attached hydrogen (secondary N) is 2. The second-order valence-corrected chi connectivity index (χ2v) is 5.75. The molecule has 1 aromatic heterocycles. The van der Waals surface area contributed by atoms with E-state index in [-0.39, 0.29) is 12.1 Å². The standard InChI is InChI=1S/C15H18ClN3O/c1-10-15(9-20)17-4-5-19(10)8-11-2-3-12-13(16)7-18-14(12)6-11/h2-3,6-7,9-10,15,17-18H,4-5,8H2,1H3/t10-,15?/m0/s1. The number of aromatic amines is 1. The van der Waals surface area contributed by atoms with Gasteiger partial charge in [0.15, 0.2) is 0 Å². The Morgan fingerprint density at radius 3 is 3.15 bits per heavy atom. The van der Waals surface area contributed by atoms with Gasteiger partial charge in [0.25, 0.3) is 0 Å². The van der Waals surface area contributed by atoms with Gasteiger partial charge in [-0.05, 0) is 18.6 Å².